The van der Waals surface area contributed by atoms with Crippen LogP contribution in [0, 0.1) is 0 Å². The van der Waals surface area contributed by atoms with E-state index in [1.807, 2.05) is 0 Å². The van der Waals surface area contributed by atoms with Gasteiger partial charge < -0.3 is 10.0 Å². The second-order valence-corrected chi connectivity index (χ2v) is 7.94. The largest absolute Gasteiger partial charge is 0.480 e. The molecule has 0 radical (unpaired) electrons. The number of nitrogens with zero attached hydrogens (tertiary/aromatic N) is 3. The fraction of sp³-hybridized carbons (Fsp3) is 0.600. The fourth-order valence-electron chi connectivity index (χ4n) is 3.25. The normalized spacial score (nSPS) is 23.1. The monoisotopic (exact) mass is 339 g/mol. The Kier molecular flexibility index (Phi) is 4.54. The second-order valence-electron chi connectivity index (χ2n) is 6.01. The van der Waals surface area contributed by atoms with Crippen molar-refractivity contribution in [1.82, 2.24) is 9.29 Å². The molecule has 2 aliphatic rings. The molecule has 0 bridgehead atoms. The summed E-state index contributed by atoms with van der Waals surface area (Å²) in [5.41, 5.74) is 0. The summed E-state index contributed by atoms with van der Waals surface area (Å²) >= 11 is 0. The highest BCUT2D eigenvalue weighted by molar-refractivity contribution is 7.89. The molecule has 8 heteroatoms. The van der Waals surface area contributed by atoms with Gasteiger partial charge in [-0.3, -0.25) is 0 Å². The Labute approximate surface area is 136 Å². The number of piperidine rings is 1. The van der Waals surface area contributed by atoms with Gasteiger partial charge in [0, 0.05) is 25.8 Å². The van der Waals surface area contributed by atoms with Gasteiger partial charge in [0.15, 0.2) is 0 Å². The van der Waals surface area contributed by atoms with E-state index in [1.165, 1.54) is 16.6 Å². The SMILES string of the molecule is O=C(O)[C@H]1CCCN1c1ccc(S(=O)(=O)N2CCCCC2)cn1. The maximum absolute atomic E-state index is 12.6. The molecule has 1 N–H and O–H groups in total. The number of pyridine rings is 1. The molecule has 0 unspecified atom stereocenters. The molecule has 2 saturated heterocycles. The summed E-state index contributed by atoms with van der Waals surface area (Å²) in [6.45, 7) is 1.73. The third kappa shape index (κ3) is 3.18. The Morgan fingerprint density at radius 1 is 1.13 bits per heavy atom. The zero-order valence-electron chi connectivity index (χ0n) is 12.9. The van der Waals surface area contributed by atoms with Crippen molar-refractivity contribution in [2.75, 3.05) is 24.5 Å². The van der Waals surface area contributed by atoms with E-state index >= 15 is 0 Å². The summed E-state index contributed by atoms with van der Waals surface area (Å²) in [5.74, 6) is -0.346. The van der Waals surface area contributed by atoms with Gasteiger partial charge in [-0.1, -0.05) is 6.42 Å². The van der Waals surface area contributed by atoms with E-state index in [0.29, 0.717) is 31.9 Å². The van der Waals surface area contributed by atoms with Crippen molar-refractivity contribution in [2.24, 2.45) is 0 Å². The van der Waals surface area contributed by atoms with Crippen molar-refractivity contribution < 1.29 is 18.3 Å². The molecule has 1 aromatic heterocycles. The van der Waals surface area contributed by atoms with Crippen molar-refractivity contribution in [3.05, 3.63) is 18.3 Å². The zero-order chi connectivity index (χ0) is 16.4. The van der Waals surface area contributed by atoms with Crippen molar-refractivity contribution in [3.63, 3.8) is 0 Å². The van der Waals surface area contributed by atoms with Crippen LogP contribution in [0.4, 0.5) is 5.82 Å². The maximum atomic E-state index is 12.6. The van der Waals surface area contributed by atoms with Gasteiger partial charge in [0.05, 0.1) is 0 Å². The molecular formula is C15H21N3O4S. The predicted molar refractivity (Wildman–Crippen MR) is 84.9 cm³/mol. The summed E-state index contributed by atoms with van der Waals surface area (Å²) in [5, 5.41) is 9.23. The lowest BCUT2D eigenvalue weighted by Crippen LogP contribution is -2.37. The number of aliphatic carboxylic acids is 1. The highest BCUT2D eigenvalue weighted by Crippen LogP contribution is 2.26. The van der Waals surface area contributed by atoms with Crippen molar-refractivity contribution >= 4 is 21.8 Å². The van der Waals surface area contributed by atoms with Gasteiger partial charge in [-0.2, -0.15) is 4.31 Å². The summed E-state index contributed by atoms with van der Waals surface area (Å²) < 4.78 is 26.6. The van der Waals surface area contributed by atoms with E-state index in [4.69, 9.17) is 0 Å². The molecular weight excluding hydrogens is 318 g/mol. The first-order valence-corrected chi connectivity index (χ1v) is 9.40. The summed E-state index contributed by atoms with van der Waals surface area (Å²) in [4.78, 5) is 17.4. The van der Waals surface area contributed by atoms with Crippen LogP contribution in [0.1, 0.15) is 32.1 Å². The Bertz CT molecular complexity index is 668. The van der Waals surface area contributed by atoms with E-state index < -0.39 is 22.0 Å². The number of carboxylic acid groups (broad SMARTS) is 1. The Morgan fingerprint density at radius 2 is 1.87 bits per heavy atom. The number of aromatic nitrogens is 1. The average Bonchev–Trinajstić information content (AvgIpc) is 3.06. The van der Waals surface area contributed by atoms with Gasteiger partial charge in [0.25, 0.3) is 0 Å². The molecule has 2 fully saturated rings. The molecule has 23 heavy (non-hydrogen) atoms. The third-order valence-corrected chi connectivity index (χ3v) is 6.39. The lowest BCUT2D eigenvalue weighted by atomic mass is 10.2. The van der Waals surface area contributed by atoms with E-state index in [9.17, 15) is 18.3 Å². The highest BCUT2D eigenvalue weighted by Gasteiger charge is 2.32. The van der Waals surface area contributed by atoms with E-state index in [0.717, 1.165) is 25.7 Å². The van der Waals surface area contributed by atoms with Crippen molar-refractivity contribution in [1.29, 1.82) is 0 Å². The molecule has 1 aromatic rings. The summed E-state index contributed by atoms with van der Waals surface area (Å²) in [6.07, 6.45) is 5.57. The quantitative estimate of drug-likeness (QED) is 0.889. The Morgan fingerprint density at radius 3 is 2.48 bits per heavy atom. The minimum atomic E-state index is -3.50. The highest BCUT2D eigenvalue weighted by atomic mass is 32.2. The summed E-state index contributed by atoms with van der Waals surface area (Å²) in [6, 6.07) is 2.56. The van der Waals surface area contributed by atoms with Crippen LogP contribution in [-0.2, 0) is 14.8 Å². The Balaban J connectivity index is 1.80. The fourth-order valence-corrected chi connectivity index (χ4v) is 4.71. The van der Waals surface area contributed by atoms with Gasteiger partial charge >= 0.3 is 5.97 Å². The van der Waals surface area contributed by atoms with E-state index in [1.54, 1.807) is 11.0 Å². The maximum Gasteiger partial charge on any atom is 0.326 e. The Hall–Kier alpha value is -1.67. The second kappa shape index (κ2) is 6.45. The van der Waals surface area contributed by atoms with Crippen LogP contribution >= 0.6 is 0 Å². The van der Waals surface area contributed by atoms with Crippen LogP contribution in [-0.4, -0.2) is 54.5 Å². The first-order chi connectivity index (χ1) is 11.0. The van der Waals surface area contributed by atoms with E-state index in [-0.39, 0.29) is 4.90 Å². The van der Waals surface area contributed by atoms with Gasteiger partial charge in [-0.05, 0) is 37.8 Å². The molecule has 126 valence electrons. The standard InChI is InChI=1S/C15H21N3O4S/c19-15(20)13-5-4-10-18(13)14-7-6-12(11-16-14)23(21,22)17-8-2-1-3-9-17/h6-7,11,13H,1-5,8-10H2,(H,19,20)/t13-/m1/s1. The molecule has 0 aromatic carbocycles. The average molecular weight is 339 g/mol. The molecule has 1 atom stereocenters. The lowest BCUT2D eigenvalue weighted by Gasteiger charge is -2.26. The van der Waals surface area contributed by atoms with Gasteiger partial charge in [0.2, 0.25) is 10.0 Å². The molecule has 2 aliphatic heterocycles. The van der Waals surface area contributed by atoms with Crippen molar-refractivity contribution in [3.8, 4) is 0 Å². The lowest BCUT2D eigenvalue weighted by molar-refractivity contribution is -0.138. The predicted octanol–water partition coefficient (Wildman–Crippen LogP) is 1.31. The minimum Gasteiger partial charge on any atom is -0.480 e. The van der Waals surface area contributed by atoms with Crippen LogP contribution in [0.3, 0.4) is 0 Å². The number of sulfonamides is 1. The van der Waals surface area contributed by atoms with Gasteiger partial charge in [-0.15, -0.1) is 0 Å². The minimum absolute atomic E-state index is 0.175. The first-order valence-electron chi connectivity index (χ1n) is 7.96. The number of rotatable bonds is 4. The number of hydrogen-bond acceptors (Lipinski definition) is 5. The van der Waals surface area contributed by atoms with Crippen LogP contribution in [0.25, 0.3) is 0 Å². The topological polar surface area (TPSA) is 90.8 Å². The number of hydrogen-bond donors (Lipinski definition) is 1. The van der Waals surface area contributed by atoms with Crippen LogP contribution < -0.4 is 4.90 Å². The molecule has 0 aliphatic carbocycles. The number of carboxylic acids is 1. The smallest absolute Gasteiger partial charge is 0.326 e. The molecule has 3 heterocycles. The third-order valence-electron chi connectivity index (χ3n) is 4.51. The molecule has 0 saturated carbocycles. The van der Waals surface area contributed by atoms with Crippen LogP contribution in [0.2, 0.25) is 0 Å². The first kappa shape index (κ1) is 16.2. The molecule has 0 spiro atoms. The molecule has 3 rings (SSSR count). The van der Waals surface area contributed by atoms with Crippen molar-refractivity contribution in [2.45, 2.75) is 43.0 Å². The number of carbonyl (C=O) groups is 1. The van der Waals surface area contributed by atoms with Gasteiger partial charge in [-0.25, -0.2) is 18.2 Å². The zero-order valence-corrected chi connectivity index (χ0v) is 13.7. The molecule has 0 amide bonds. The molecule has 7 nitrogen and oxygen atoms in total. The van der Waals surface area contributed by atoms with Crippen LogP contribution in [0.15, 0.2) is 23.2 Å². The van der Waals surface area contributed by atoms with Crippen LogP contribution in [0.5, 0.6) is 0 Å². The van der Waals surface area contributed by atoms with Gasteiger partial charge in [0.1, 0.15) is 16.8 Å². The number of anilines is 1. The summed E-state index contributed by atoms with van der Waals surface area (Å²) in [7, 11) is -3.50. The van der Waals surface area contributed by atoms with E-state index in [2.05, 4.69) is 4.98 Å².